The van der Waals surface area contributed by atoms with Crippen molar-refractivity contribution in [3.63, 3.8) is 0 Å². The Morgan fingerprint density at radius 1 is 0.821 bits per heavy atom. The molecule has 3 aromatic rings. The fourth-order valence-electron chi connectivity index (χ4n) is 3.02. The first-order chi connectivity index (χ1) is 13.6. The normalized spacial score (nSPS) is 12.5. The summed E-state index contributed by atoms with van der Waals surface area (Å²) >= 11 is 0. The van der Waals surface area contributed by atoms with Gasteiger partial charge in [-0.3, -0.25) is 14.4 Å². The van der Waals surface area contributed by atoms with Crippen LogP contribution in [0.25, 0.3) is 0 Å². The van der Waals surface area contributed by atoms with Gasteiger partial charge >= 0.3 is 0 Å². The number of rotatable bonds is 3. The van der Waals surface area contributed by atoms with Crippen LogP contribution in [-0.4, -0.2) is 17.7 Å². The zero-order valence-electron chi connectivity index (χ0n) is 14.5. The second-order valence-corrected chi connectivity index (χ2v) is 6.18. The highest BCUT2D eigenvalue weighted by molar-refractivity contribution is 6.34. The molecule has 1 heterocycles. The highest BCUT2D eigenvalue weighted by atomic mass is 16.2. The number of nitrogens with one attached hydrogen (secondary N) is 1. The molecular formula is C22H13N3O3. The third-order valence-corrected chi connectivity index (χ3v) is 4.45. The molecule has 0 radical (unpaired) electrons. The van der Waals surface area contributed by atoms with Gasteiger partial charge in [0.1, 0.15) is 0 Å². The maximum absolute atomic E-state index is 12.5. The monoisotopic (exact) mass is 367 g/mol. The van der Waals surface area contributed by atoms with Crippen molar-refractivity contribution in [3.8, 4) is 6.07 Å². The molecule has 0 spiro atoms. The van der Waals surface area contributed by atoms with Crippen LogP contribution in [0.15, 0.2) is 72.8 Å². The second kappa shape index (κ2) is 6.82. The number of hydrogen-bond donors (Lipinski definition) is 1. The summed E-state index contributed by atoms with van der Waals surface area (Å²) in [6, 6.07) is 21.4. The predicted molar refractivity (Wildman–Crippen MR) is 103 cm³/mol. The van der Waals surface area contributed by atoms with Crippen LogP contribution in [0, 0.1) is 11.3 Å². The van der Waals surface area contributed by atoms with Gasteiger partial charge in [-0.15, -0.1) is 0 Å². The van der Waals surface area contributed by atoms with E-state index >= 15 is 0 Å². The second-order valence-electron chi connectivity index (χ2n) is 6.18. The van der Waals surface area contributed by atoms with Crippen molar-refractivity contribution in [2.75, 3.05) is 10.2 Å². The van der Waals surface area contributed by atoms with Crippen LogP contribution >= 0.6 is 0 Å². The Kier molecular flexibility index (Phi) is 4.18. The number of fused-ring (bicyclic) bond motifs is 1. The number of imide groups is 1. The number of hydrogen-bond acceptors (Lipinski definition) is 4. The van der Waals surface area contributed by atoms with Crippen molar-refractivity contribution >= 4 is 29.1 Å². The molecule has 0 fully saturated rings. The van der Waals surface area contributed by atoms with Gasteiger partial charge in [0, 0.05) is 11.3 Å². The Balaban J connectivity index is 1.53. The lowest BCUT2D eigenvalue weighted by Gasteiger charge is -2.14. The number of anilines is 2. The zero-order valence-corrected chi connectivity index (χ0v) is 14.5. The molecule has 1 aliphatic heterocycles. The van der Waals surface area contributed by atoms with Crippen LogP contribution in [0.2, 0.25) is 0 Å². The molecular weight excluding hydrogens is 354 g/mol. The van der Waals surface area contributed by atoms with Crippen LogP contribution < -0.4 is 10.2 Å². The van der Waals surface area contributed by atoms with Crippen molar-refractivity contribution in [2.24, 2.45) is 0 Å². The summed E-state index contributed by atoms with van der Waals surface area (Å²) in [6.45, 7) is 0. The fraction of sp³-hybridized carbons (Fsp3) is 0. The molecule has 0 saturated heterocycles. The van der Waals surface area contributed by atoms with Crippen LogP contribution in [-0.2, 0) is 0 Å². The van der Waals surface area contributed by atoms with Gasteiger partial charge in [0.2, 0.25) is 0 Å². The molecule has 1 N–H and O–H groups in total. The van der Waals surface area contributed by atoms with E-state index in [0.29, 0.717) is 33.6 Å². The molecule has 0 unspecified atom stereocenters. The van der Waals surface area contributed by atoms with Crippen LogP contribution in [0.3, 0.4) is 0 Å². The van der Waals surface area contributed by atoms with E-state index in [1.807, 2.05) is 6.07 Å². The van der Waals surface area contributed by atoms with Gasteiger partial charge in [0.05, 0.1) is 28.4 Å². The smallest absolute Gasteiger partial charge is 0.266 e. The average Bonchev–Trinajstić information content (AvgIpc) is 2.99. The van der Waals surface area contributed by atoms with Gasteiger partial charge < -0.3 is 5.32 Å². The molecule has 4 rings (SSSR count). The third-order valence-electron chi connectivity index (χ3n) is 4.45. The molecule has 3 amide bonds. The Morgan fingerprint density at radius 3 is 1.93 bits per heavy atom. The van der Waals surface area contributed by atoms with Gasteiger partial charge in [-0.05, 0) is 60.7 Å². The number of nitrogens with zero attached hydrogens (tertiary/aromatic N) is 2. The topological polar surface area (TPSA) is 90.3 Å². The largest absolute Gasteiger partial charge is 0.322 e. The Bertz CT molecular complexity index is 1110. The van der Waals surface area contributed by atoms with Gasteiger partial charge in [-0.25, -0.2) is 4.90 Å². The Morgan fingerprint density at radius 2 is 1.39 bits per heavy atom. The van der Waals surface area contributed by atoms with E-state index < -0.39 is 0 Å². The SMILES string of the molecule is N#Cc1ccc(NC(=O)c2ccc(N3C(=O)c4ccccc4C3=O)cc2)cc1. The first-order valence-corrected chi connectivity index (χ1v) is 8.48. The Hall–Kier alpha value is -4.24. The number of nitriles is 1. The van der Waals surface area contributed by atoms with E-state index in [2.05, 4.69) is 5.32 Å². The lowest BCUT2D eigenvalue weighted by Crippen LogP contribution is -2.29. The van der Waals surface area contributed by atoms with Crippen molar-refractivity contribution in [2.45, 2.75) is 0 Å². The predicted octanol–water partition coefficient (Wildman–Crippen LogP) is 3.61. The summed E-state index contributed by atoms with van der Waals surface area (Å²) in [7, 11) is 0. The molecule has 0 saturated carbocycles. The van der Waals surface area contributed by atoms with Crippen molar-refractivity contribution in [1.82, 2.24) is 0 Å². The summed E-state index contributed by atoms with van der Waals surface area (Å²) in [5.41, 5.74) is 2.59. The lowest BCUT2D eigenvalue weighted by molar-refractivity contribution is 0.0925. The van der Waals surface area contributed by atoms with E-state index in [0.717, 1.165) is 4.90 Å². The van der Waals surface area contributed by atoms with E-state index in [-0.39, 0.29) is 17.7 Å². The first-order valence-electron chi connectivity index (χ1n) is 8.48. The molecule has 0 aromatic heterocycles. The van der Waals surface area contributed by atoms with E-state index in [1.54, 1.807) is 72.8 Å². The van der Waals surface area contributed by atoms with E-state index in [1.165, 1.54) is 0 Å². The molecule has 0 aliphatic carbocycles. The van der Waals surface area contributed by atoms with Crippen molar-refractivity contribution < 1.29 is 14.4 Å². The van der Waals surface area contributed by atoms with Crippen LogP contribution in [0.5, 0.6) is 0 Å². The number of carbonyl (C=O) groups excluding carboxylic acids is 3. The quantitative estimate of drug-likeness (QED) is 0.716. The summed E-state index contributed by atoms with van der Waals surface area (Å²) in [5, 5.41) is 11.5. The van der Waals surface area contributed by atoms with Gasteiger partial charge in [-0.1, -0.05) is 12.1 Å². The number of amides is 3. The minimum atomic E-state index is -0.379. The summed E-state index contributed by atoms with van der Waals surface area (Å²) < 4.78 is 0. The maximum atomic E-state index is 12.5. The fourth-order valence-corrected chi connectivity index (χ4v) is 3.02. The lowest BCUT2D eigenvalue weighted by atomic mass is 10.1. The highest BCUT2D eigenvalue weighted by Gasteiger charge is 2.36. The summed E-state index contributed by atoms with van der Waals surface area (Å²) in [5.74, 6) is -1.09. The van der Waals surface area contributed by atoms with Crippen molar-refractivity contribution in [3.05, 3.63) is 95.1 Å². The average molecular weight is 367 g/mol. The van der Waals surface area contributed by atoms with E-state index in [4.69, 9.17) is 5.26 Å². The van der Waals surface area contributed by atoms with Crippen LogP contribution in [0.4, 0.5) is 11.4 Å². The third kappa shape index (κ3) is 2.91. The van der Waals surface area contributed by atoms with Gasteiger partial charge in [-0.2, -0.15) is 5.26 Å². The Labute approximate surface area is 160 Å². The summed E-state index contributed by atoms with van der Waals surface area (Å²) in [4.78, 5) is 38.5. The minimum absolute atomic E-state index is 0.335. The van der Waals surface area contributed by atoms with E-state index in [9.17, 15) is 14.4 Å². The highest BCUT2D eigenvalue weighted by Crippen LogP contribution is 2.28. The molecule has 0 bridgehead atoms. The first kappa shape index (κ1) is 17.2. The van der Waals surface area contributed by atoms with Crippen molar-refractivity contribution in [1.29, 1.82) is 5.26 Å². The van der Waals surface area contributed by atoms with Crippen LogP contribution in [0.1, 0.15) is 36.6 Å². The number of carbonyl (C=O) groups is 3. The molecule has 28 heavy (non-hydrogen) atoms. The molecule has 0 atom stereocenters. The zero-order chi connectivity index (χ0) is 19.7. The summed E-state index contributed by atoms with van der Waals surface area (Å²) in [6.07, 6.45) is 0. The molecule has 134 valence electrons. The maximum Gasteiger partial charge on any atom is 0.266 e. The van der Waals surface area contributed by atoms with Gasteiger partial charge in [0.25, 0.3) is 17.7 Å². The molecule has 6 heteroatoms. The minimum Gasteiger partial charge on any atom is -0.322 e. The molecule has 1 aliphatic rings. The molecule has 6 nitrogen and oxygen atoms in total. The number of benzene rings is 3. The molecule has 3 aromatic carbocycles. The standard InChI is InChI=1S/C22H13N3O3/c23-13-14-5-9-16(10-6-14)24-20(26)15-7-11-17(12-8-15)25-21(27)18-3-1-2-4-19(18)22(25)28/h1-12H,(H,24,26). The van der Waals surface area contributed by atoms with Gasteiger partial charge in [0.15, 0.2) is 0 Å².